The van der Waals surface area contributed by atoms with Crippen LogP contribution in [0.4, 0.5) is 0 Å². The van der Waals surface area contributed by atoms with Gasteiger partial charge in [-0.05, 0) is 29.5 Å². The second-order valence-electron chi connectivity index (χ2n) is 3.05. The first kappa shape index (κ1) is 13.4. The predicted molar refractivity (Wildman–Crippen MR) is 67.6 cm³/mol. The molecule has 5 heteroatoms. The lowest BCUT2D eigenvalue weighted by Crippen LogP contribution is -1.96. The normalized spacial score (nSPS) is 8.44. The van der Waals surface area contributed by atoms with Crippen LogP contribution in [0.2, 0.25) is 0 Å². The summed E-state index contributed by atoms with van der Waals surface area (Å²) in [6.45, 7) is 0. The molecule has 1 aromatic rings. The monoisotopic (exact) mass is 241 g/mol. The van der Waals surface area contributed by atoms with Gasteiger partial charge < -0.3 is 0 Å². The van der Waals surface area contributed by atoms with Gasteiger partial charge in [0.25, 0.3) is 0 Å². The van der Waals surface area contributed by atoms with Crippen LogP contribution in [0.25, 0.3) is 0 Å². The Morgan fingerprint density at radius 1 is 0.611 bits per heavy atom. The summed E-state index contributed by atoms with van der Waals surface area (Å²) in [5.74, 6) is 0. The van der Waals surface area contributed by atoms with Crippen molar-refractivity contribution in [3.05, 3.63) is 87.4 Å². The maximum Gasteiger partial charge on any atom is 0.180 e. The van der Waals surface area contributed by atoms with Gasteiger partial charge in [0.05, 0.1) is 12.4 Å². The third-order valence-electron chi connectivity index (χ3n) is 1.68. The molecular weight excluding hydrogens is 230 g/mol. The minimum atomic E-state index is -0.345. The van der Waals surface area contributed by atoms with Crippen LogP contribution in [-0.2, 0) is 0 Å². The Kier molecular flexibility index (Phi) is 6.29. The maximum atomic E-state index is 11.3. The molecule has 0 fully saturated rings. The molecule has 0 saturated heterocycles. The first-order chi connectivity index (χ1) is 8.79. The molecule has 1 heterocycles. The minimum absolute atomic E-state index is 0.263. The average molecular weight is 241 g/mol. The zero-order chi connectivity index (χ0) is 13.1. The average Bonchev–Trinajstić information content (AvgIpc) is 2.36. The van der Waals surface area contributed by atoms with Crippen LogP contribution in [0.1, 0.15) is 0 Å². The van der Waals surface area contributed by atoms with Crippen molar-refractivity contribution in [1.82, 2.24) is 15.4 Å². The highest BCUT2D eigenvalue weighted by atomic mass is 16.1. The van der Waals surface area contributed by atoms with Gasteiger partial charge in [0.1, 0.15) is 0 Å². The smallest absolute Gasteiger partial charge is 0.180 e. The second kappa shape index (κ2) is 8.46. The highest BCUT2D eigenvalue weighted by Crippen LogP contribution is 1.72. The van der Waals surface area contributed by atoms with E-state index in [1.54, 1.807) is 30.3 Å². The summed E-state index contributed by atoms with van der Waals surface area (Å²) in [5, 5.41) is 10.5. The van der Waals surface area contributed by atoms with Gasteiger partial charge in [0.15, 0.2) is 10.9 Å². The quantitative estimate of drug-likeness (QED) is 0.673. The molecule has 0 atom stereocenters. The molecule has 0 aliphatic heterocycles. The van der Waals surface area contributed by atoms with Gasteiger partial charge in [-0.3, -0.25) is 9.59 Å². The summed E-state index contributed by atoms with van der Waals surface area (Å²) in [5.41, 5.74) is -0.608. The van der Waals surface area contributed by atoms with E-state index in [9.17, 15) is 9.59 Å². The van der Waals surface area contributed by atoms with E-state index in [1.807, 2.05) is 0 Å². The Bertz CT molecular complexity index is 563. The Labute approximate surface area is 103 Å². The molecule has 0 amide bonds. The van der Waals surface area contributed by atoms with Gasteiger partial charge in [-0.1, -0.05) is 24.3 Å². The summed E-state index contributed by atoms with van der Waals surface area (Å²) in [6.07, 6.45) is 2.66. The molecule has 0 bridgehead atoms. The van der Waals surface area contributed by atoms with Crippen molar-refractivity contribution >= 4 is 0 Å². The molecule has 0 aromatic carbocycles. The van der Waals surface area contributed by atoms with Crippen LogP contribution in [0.5, 0.6) is 0 Å². The lowest BCUT2D eigenvalue weighted by atomic mass is 10.4. The largest absolute Gasteiger partial charge is 0.290 e. The molecule has 0 radical (unpaired) electrons. The van der Waals surface area contributed by atoms with Crippen LogP contribution < -0.4 is 10.9 Å². The van der Waals surface area contributed by atoms with E-state index in [2.05, 4.69) is 15.4 Å². The fraction of sp³-hybridized carbons (Fsp3) is 0. The van der Waals surface area contributed by atoms with Crippen molar-refractivity contribution in [3.8, 4) is 0 Å². The molecule has 90 valence electrons. The van der Waals surface area contributed by atoms with Crippen LogP contribution in [-0.4, -0.2) is 15.4 Å². The Balaban J connectivity index is 3.31. The molecular formula is C13H11N3O2. The highest BCUT2D eigenvalue weighted by Gasteiger charge is 1.73. The molecule has 0 spiro atoms. The third kappa shape index (κ3) is 6.73. The molecule has 18 heavy (non-hydrogen) atoms. The number of rotatable bonds is 0. The molecule has 0 aliphatic rings. The van der Waals surface area contributed by atoms with E-state index in [-0.39, 0.29) is 10.9 Å². The SMILES string of the molecule is O=c1cccccccnnnccc(=O)cc1. The van der Waals surface area contributed by atoms with Crippen LogP contribution >= 0.6 is 0 Å². The molecule has 0 aliphatic carbocycles. The molecule has 0 saturated carbocycles. The summed E-state index contributed by atoms with van der Waals surface area (Å²) in [6, 6.07) is 13.3. The Morgan fingerprint density at radius 3 is 2.06 bits per heavy atom. The van der Waals surface area contributed by atoms with Crippen molar-refractivity contribution in [2.45, 2.75) is 0 Å². The van der Waals surface area contributed by atoms with Gasteiger partial charge in [-0.2, -0.15) is 0 Å². The third-order valence-corrected chi connectivity index (χ3v) is 1.68. The van der Waals surface area contributed by atoms with Gasteiger partial charge in [-0.15, -0.1) is 10.2 Å². The van der Waals surface area contributed by atoms with Gasteiger partial charge in [0.2, 0.25) is 0 Å². The maximum absolute atomic E-state index is 11.3. The summed E-state index contributed by atoms with van der Waals surface area (Å²) in [4.78, 5) is 22.5. The van der Waals surface area contributed by atoms with Gasteiger partial charge >= 0.3 is 0 Å². The highest BCUT2D eigenvalue weighted by molar-refractivity contribution is 4.97. The molecule has 5 nitrogen and oxygen atoms in total. The second-order valence-corrected chi connectivity index (χ2v) is 3.05. The van der Waals surface area contributed by atoms with E-state index in [0.29, 0.717) is 0 Å². The first-order valence-corrected chi connectivity index (χ1v) is 5.15. The summed E-state index contributed by atoms with van der Waals surface area (Å²) < 4.78 is 0. The Morgan fingerprint density at radius 2 is 1.22 bits per heavy atom. The fourth-order valence-corrected chi connectivity index (χ4v) is 0.903. The zero-order valence-electron chi connectivity index (χ0n) is 9.51. The number of hydrogen-bond donors (Lipinski definition) is 0. The summed E-state index contributed by atoms with van der Waals surface area (Å²) >= 11 is 0. The standard InChI is InChI=1S/C13H11N3O2/c17-12-6-4-2-1-3-5-10-14-16-15-11-9-13(18)8-7-12/h1-11H. The fourth-order valence-electron chi connectivity index (χ4n) is 0.903. The van der Waals surface area contributed by atoms with Crippen molar-refractivity contribution in [2.75, 3.05) is 0 Å². The first-order valence-electron chi connectivity index (χ1n) is 5.15. The van der Waals surface area contributed by atoms with Crippen molar-refractivity contribution < 1.29 is 0 Å². The van der Waals surface area contributed by atoms with Crippen LogP contribution in [0, 0.1) is 0 Å². The van der Waals surface area contributed by atoms with Crippen LogP contribution in [0.15, 0.2) is 76.6 Å². The lowest BCUT2D eigenvalue weighted by Gasteiger charge is -1.69. The molecule has 0 N–H and O–H groups in total. The lowest BCUT2D eigenvalue weighted by molar-refractivity contribution is 0.883. The van der Waals surface area contributed by atoms with Crippen molar-refractivity contribution in [1.29, 1.82) is 0 Å². The van der Waals surface area contributed by atoms with E-state index in [1.165, 1.54) is 30.6 Å². The molecule has 1 rings (SSSR count). The number of nitrogens with zero attached hydrogens (tertiary/aromatic N) is 3. The van der Waals surface area contributed by atoms with Crippen molar-refractivity contribution in [2.24, 2.45) is 0 Å². The zero-order valence-corrected chi connectivity index (χ0v) is 9.51. The minimum Gasteiger partial charge on any atom is -0.290 e. The predicted octanol–water partition coefficient (Wildman–Crippen LogP) is 0.841. The topological polar surface area (TPSA) is 72.8 Å². The van der Waals surface area contributed by atoms with E-state index < -0.39 is 0 Å². The van der Waals surface area contributed by atoms with E-state index >= 15 is 0 Å². The number of aromatic nitrogens is 3. The summed E-state index contributed by atoms with van der Waals surface area (Å²) in [7, 11) is 0. The van der Waals surface area contributed by atoms with Crippen molar-refractivity contribution in [3.63, 3.8) is 0 Å². The van der Waals surface area contributed by atoms with Gasteiger partial charge in [-0.25, -0.2) is 0 Å². The number of hydrogen-bond acceptors (Lipinski definition) is 5. The molecule has 1 aromatic heterocycles. The van der Waals surface area contributed by atoms with E-state index in [0.717, 1.165) is 6.07 Å². The van der Waals surface area contributed by atoms with Gasteiger partial charge in [0, 0.05) is 6.07 Å². The Hall–Kier alpha value is -2.69. The van der Waals surface area contributed by atoms with E-state index in [4.69, 9.17) is 0 Å². The molecule has 0 unspecified atom stereocenters. The van der Waals surface area contributed by atoms with Crippen LogP contribution in [0.3, 0.4) is 0 Å².